The van der Waals surface area contributed by atoms with E-state index in [-0.39, 0.29) is 17.9 Å². The lowest BCUT2D eigenvalue weighted by molar-refractivity contribution is -0.122. The number of carbonyl (C=O) groups excluding carboxylic acids is 2. The van der Waals surface area contributed by atoms with Crippen molar-refractivity contribution in [1.82, 2.24) is 25.5 Å². The summed E-state index contributed by atoms with van der Waals surface area (Å²) in [5.41, 5.74) is 1.64. The predicted molar refractivity (Wildman–Crippen MR) is 110 cm³/mol. The Balaban J connectivity index is 1.29. The number of H-pyrrole nitrogens is 1. The Morgan fingerprint density at radius 1 is 1.07 bits per heavy atom. The molecular weight excluding hydrogens is 366 g/mol. The quantitative estimate of drug-likeness (QED) is 0.606. The van der Waals surface area contributed by atoms with E-state index in [0.717, 1.165) is 30.9 Å². The van der Waals surface area contributed by atoms with Crippen LogP contribution in [0.15, 0.2) is 42.9 Å². The predicted octanol–water partition coefficient (Wildman–Crippen LogP) is 2.09. The Bertz CT molecular complexity index is 804. The number of likely N-dealkylation sites (tertiary alicyclic amines) is 1. The van der Waals surface area contributed by atoms with Gasteiger partial charge in [-0.1, -0.05) is 0 Å². The first-order valence-electron chi connectivity index (χ1n) is 10.5. The van der Waals surface area contributed by atoms with E-state index in [1.54, 1.807) is 24.7 Å². The van der Waals surface area contributed by atoms with Gasteiger partial charge < -0.3 is 15.6 Å². The van der Waals surface area contributed by atoms with E-state index in [1.165, 1.54) is 12.8 Å². The highest BCUT2D eigenvalue weighted by atomic mass is 16.2. The number of nitrogens with one attached hydrogen (secondary N) is 3. The van der Waals surface area contributed by atoms with Gasteiger partial charge in [0.1, 0.15) is 5.69 Å². The Labute approximate surface area is 171 Å². The molecular formula is C22H29N5O2. The summed E-state index contributed by atoms with van der Waals surface area (Å²) in [7, 11) is 0. The molecule has 3 N–H and O–H groups in total. The van der Waals surface area contributed by atoms with Crippen LogP contribution in [-0.2, 0) is 11.3 Å². The molecule has 29 heavy (non-hydrogen) atoms. The van der Waals surface area contributed by atoms with Crippen molar-refractivity contribution in [2.24, 2.45) is 5.92 Å². The topological polar surface area (TPSA) is 90.1 Å². The van der Waals surface area contributed by atoms with Crippen LogP contribution in [0.4, 0.5) is 0 Å². The summed E-state index contributed by atoms with van der Waals surface area (Å²) >= 11 is 0. The molecule has 1 aliphatic heterocycles. The molecule has 4 rings (SSSR count). The molecule has 2 aromatic rings. The smallest absolute Gasteiger partial charge is 0.267 e. The van der Waals surface area contributed by atoms with Crippen molar-refractivity contribution in [3.63, 3.8) is 0 Å². The van der Waals surface area contributed by atoms with Crippen LogP contribution in [0.2, 0.25) is 0 Å². The third-order valence-electron chi connectivity index (χ3n) is 5.94. The minimum atomic E-state index is -0.0695. The number of hydrogen-bond donors (Lipinski definition) is 3. The van der Waals surface area contributed by atoms with Crippen LogP contribution >= 0.6 is 0 Å². The second kappa shape index (κ2) is 9.22. The lowest BCUT2D eigenvalue weighted by Crippen LogP contribution is -2.45. The minimum absolute atomic E-state index is 0.0695. The van der Waals surface area contributed by atoms with Gasteiger partial charge >= 0.3 is 0 Å². The normalized spacial score (nSPS) is 21.8. The van der Waals surface area contributed by atoms with Crippen molar-refractivity contribution in [2.75, 3.05) is 13.1 Å². The summed E-state index contributed by atoms with van der Waals surface area (Å²) in [4.78, 5) is 34.2. The van der Waals surface area contributed by atoms with Crippen LogP contribution in [0.3, 0.4) is 0 Å². The molecule has 2 fully saturated rings. The molecule has 0 bridgehead atoms. The van der Waals surface area contributed by atoms with E-state index in [0.29, 0.717) is 31.2 Å². The fourth-order valence-electron chi connectivity index (χ4n) is 4.11. The van der Waals surface area contributed by atoms with Crippen LogP contribution in [0.25, 0.3) is 0 Å². The molecule has 1 saturated heterocycles. The fraction of sp³-hybridized carbons (Fsp3) is 0.500. The van der Waals surface area contributed by atoms with E-state index < -0.39 is 0 Å². The highest BCUT2D eigenvalue weighted by Crippen LogP contribution is 2.35. The van der Waals surface area contributed by atoms with Crippen molar-refractivity contribution in [1.29, 1.82) is 0 Å². The molecule has 2 atom stereocenters. The fourth-order valence-corrected chi connectivity index (χ4v) is 4.11. The van der Waals surface area contributed by atoms with Gasteiger partial charge in [-0.25, -0.2) is 0 Å². The van der Waals surface area contributed by atoms with Crippen LogP contribution in [-0.4, -0.2) is 51.9 Å². The maximum Gasteiger partial charge on any atom is 0.267 e. The number of pyridine rings is 1. The number of rotatable bonds is 9. The molecule has 154 valence electrons. The molecule has 7 nitrogen and oxygen atoms in total. The summed E-state index contributed by atoms with van der Waals surface area (Å²) < 4.78 is 0. The number of aromatic nitrogens is 2. The Morgan fingerprint density at radius 3 is 2.59 bits per heavy atom. The average Bonchev–Trinajstić information content (AvgIpc) is 3.23. The lowest BCUT2D eigenvalue weighted by atomic mass is 10.1. The molecule has 1 saturated carbocycles. The van der Waals surface area contributed by atoms with Gasteiger partial charge in [-0.15, -0.1) is 0 Å². The summed E-state index contributed by atoms with van der Waals surface area (Å²) in [6.07, 6.45) is 10.3. The van der Waals surface area contributed by atoms with Crippen LogP contribution in [0.1, 0.15) is 48.2 Å². The zero-order chi connectivity index (χ0) is 20.1. The Morgan fingerprint density at radius 2 is 1.86 bits per heavy atom. The molecule has 2 aromatic heterocycles. The summed E-state index contributed by atoms with van der Waals surface area (Å²) in [6.45, 7) is 2.19. The first kappa shape index (κ1) is 19.6. The zero-order valence-electron chi connectivity index (χ0n) is 16.6. The summed E-state index contributed by atoms with van der Waals surface area (Å²) in [5, 5.41) is 6.08. The molecule has 2 aliphatic rings. The lowest BCUT2D eigenvalue weighted by Gasteiger charge is -2.30. The summed E-state index contributed by atoms with van der Waals surface area (Å²) in [5.74, 6) is 0.765. The van der Waals surface area contributed by atoms with Crippen LogP contribution in [0.5, 0.6) is 0 Å². The van der Waals surface area contributed by atoms with Crippen molar-refractivity contribution in [3.05, 3.63) is 54.1 Å². The van der Waals surface area contributed by atoms with E-state index in [2.05, 4.69) is 25.5 Å². The van der Waals surface area contributed by atoms with E-state index in [9.17, 15) is 9.59 Å². The third-order valence-corrected chi connectivity index (χ3v) is 5.94. The number of carbonyl (C=O) groups is 2. The first-order valence-corrected chi connectivity index (χ1v) is 10.5. The Hall–Kier alpha value is -2.67. The first-order chi connectivity index (χ1) is 14.2. The van der Waals surface area contributed by atoms with Crippen molar-refractivity contribution in [2.45, 2.75) is 50.7 Å². The van der Waals surface area contributed by atoms with E-state index in [4.69, 9.17) is 0 Å². The van der Waals surface area contributed by atoms with Crippen molar-refractivity contribution in [3.8, 4) is 0 Å². The number of hydrogen-bond acceptors (Lipinski definition) is 4. The molecule has 0 spiro atoms. The standard InChI is InChI=1S/C22H29N5O2/c28-21(25-13-16-7-10-23-11-8-16)12-18-5-6-19(27(18)15-17-3-4-17)14-26-22(29)20-2-1-9-24-20/h1-2,7-11,17-19,24H,3-6,12-15H2,(H,25,28)(H,26,29)/t18-,19+/m1/s1. The van der Waals surface area contributed by atoms with Gasteiger partial charge in [0, 0.05) is 56.7 Å². The minimum Gasteiger partial charge on any atom is -0.357 e. The highest BCUT2D eigenvalue weighted by Gasteiger charge is 2.38. The second-order valence-electron chi connectivity index (χ2n) is 8.16. The van der Waals surface area contributed by atoms with Crippen molar-refractivity contribution < 1.29 is 9.59 Å². The van der Waals surface area contributed by atoms with Crippen LogP contribution in [0, 0.1) is 5.92 Å². The number of amides is 2. The maximum atomic E-state index is 12.5. The monoisotopic (exact) mass is 395 g/mol. The van der Waals surface area contributed by atoms with Gasteiger partial charge in [0.25, 0.3) is 5.91 Å². The van der Waals surface area contributed by atoms with E-state index in [1.807, 2.05) is 18.2 Å². The zero-order valence-corrected chi connectivity index (χ0v) is 16.6. The maximum absolute atomic E-state index is 12.5. The molecule has 3 heterocycles. The second-order valence-corrected chi connectivity index (χ2v) is 8.16. The van der Waals surface area contributed by atoms with Gasteiger partial charge in [0.05, 0.1) is 0 Å². The Kier molecular flexibility index (Phi) is 6.24. The highest BCUT2D eigenvalue weighted by molar-refractivity contribution is 5.92. The number of aromatic amines is 1. The molecule has 1 aliphatic carbocycles. The molecule has 0 aromatic carbocycles. The van der Waals surface area contributed by atoms with Gasteiger partial charge in [-0.05, 0) is 61.4 Å². The van der Waals surface area contributed by atoms with Gasteiger partial charge in [-0.2, -0.15) is 0 Å². The van der Waals surface area contributed by atoms with Crippen molar-refractivity contribution >= 4 is 11.8 Å². The van der Waals surface area contributed by atoms with Gasteiger partial charge in [0.15, 0.2) is 0 Å². The third kappa shape index (κ3) is 5.44. The van der Waals surface area contributed by atoms with E-state index >= 15 is 0 Å². The van der Waals surface area contributed by atoms with Gasteiger partial charge in [0.2, 0.25) is 5.91 Å². The summed E-state index contributed by atoms with van der Waals surface area (Å²) in [6, 6.07) is 7.98. The molecule has 2 amide bonds. The van der Waals surface area contributed by atoms with Gasteiger partial charge in [-0.3, -0.25) is 19.5 Å². The average molecular weight is 396 g/mol. The molecule has 0 unspecified atom stereocenters. The largest absolute Gasteiger partial charge is 0.357 e. The van der Waals surface area contributed by atoms with Crippen LogP contribution < -0.4 is 10.6 Å². The number of nitrogens with zero attached hydrogens (tertiary/aromatic N) is 2. The molecule has 0 radical (unpaired) electrons. The SMILES string of the molecule is O=C(C[C@H]1CC[C@@H](CNC(=O)c2ccc[nH]2)N1CC1CC1)NCc1ccncc1. The molecule has 7 heteroatoms.